The molecule has 112 valence electrons. The number of hydrogen-bond acceptors (Lipinski definition) is 5. The maximum atomic E-state index is 11.9. The van der Waals surface area contributed by atoms with Crippen LogP contribution in [0.1, 0.15) is 18.1 Å². The zero-order valence-corrected chi connectivity index (χ0v) is 12.3. The first-order chi connectivity index (χ1) is 9.41. The molecule has 0 amide bonds. The summed E-state index contributed by atoms with van der Waals surface area (Å²) in [5.41, 5.74) is 6.91. The van der Waals surface area contributed by atoms with Gasteiger partial charge in [0.2, 0.25) is 10.0 Å². The monoisotopic (exact) mass is 301 g/mol. The van der Waals surface area contributed by atoms with E-state index < -0.39 is 10.0 Å². The number of anilines is 1. The predicted octanol–water partition coefficient (Wildman–Crippen LogP) is 0.868. The topological polar surface area (TPSA) is 114 Å². The van der Waals surface area contributed by atoms with Crippen LogP contribution in [0.15, 0.2) is 23.4 Å². The number of nitrogens with two attached hydrogens (primary N) is 1. The second-order valence-electron chi connectivity index (χ2n) is 4.10. The second-order valence-corrected chi connectivity index (χ2v) is 5.94. The van der Waals surface area contributed by atoms with E-state index in [9.17, 15) is 8.42 Å². The van der Waals surface area contributed by atoms with Crippen molar-refractivity contribution in [1.82, 2.24) is 0 Å². The lowest BCUT2D eigenvalue weighted by molar-refractivity contribution is 0.163. The first-order valence-electron chi connectivity index (χ1n) is 6.07. The van der Waals surface area contributed by atoms with Gasteiger partial charge in [-0.05, 0) is 25.5 Å². The van der Waals surface area contributed by atoms with Gasteiger partial charge < -0.3 is 15.7 Å². The number of ether oxygens (including phenoxy) is 1. The fourth-order valence-corrected chi connectivity index (χ4v) is 2.62. The Morgan fingerprint density at radius 3 is 2.80 bits per heavy atom. The molecular weight excluding hydrogens is 282 g/mol. The Morgan fingerprint density at radius 2 is 2.20 bits per heavy atom. The maximum Gasteiger partial charge on any atom is 0.235 e. The van der Waals surface area contributed by atoms with Crippen LogP contribution in [-0.4, -0.2) is 38.4 Å². The summed E-state index contributed by atoms with van der Waals surface area (Å²) >= 11 is 0. The van der Waals surface area contributed by atoms with Gasteiger partial charge in [-0.25, -0.2) is 8.42 Å². The van der Waals surface area contributed by atoms with Gasteiger partial charge in [0.1, 0.15) is 0 Å². The molecule has 1 rings (SSSR count). The van der Waals surface area contributed by atoms with Gasteiger partial charge in [-0.3, -0.25) is 4.72 Å². The van der Waals surface area contributed by atoms with Crippen LogP contribution in [0.5, 0.6) is 0 Å². The summed E-state index contributed by atoms with van der Waals surface area (Å²) < 4.78 is 31.3. The van der Waals surface area contributed by atoms with Gasteiger partial charge in [-0.1, -0.05) is 17.3 Å². The highest BCUT2D eigenvalue weighted by molar-refractivity contribution is 7.92. The Labute approximate surface area is 118 Å². The van der Waals surface area contributed by atoms with Gasteiger partial charge in [-0.15, -0.1) is 0 Å². The molecule has 8 heteroatoms. The highest BCUT2D eigenvalue weighted by Gasteiger charge is 2.16. The molecule has 20 heavy (non-hydrogen) atoms. The van der Waals surface area contributed by atoms with Crippen LogP contribution >= 0.6 is 0 Å². The molecule has 0 saturated carbocycles. The fourth-order valence-electron chi connectivity index (χ4n) is 1.67. The molecule has 1 aromatic carbocycles. The first-order valence-corrected chi connectivity index (χ1v) is 7.72. The largest absolute Gasteiger partial charge is 0.409 e. The Bertz CT molecular complexity index is 584. The van der Waals surface area contributed by atoms with Crippen molar-refractivity contribution in [3.05, 3.63) is 29.3 Å². The van der Waals surface area contributed by atoms with Crippen molar-refractivity contribution in [2.75, 3.05) is 23.7 Å². The average molecular weight is 301 g/mol. The average Bonchev–Trinajstić information content (AvgIpc) is 2.38. The van der Waals surface area contributed by atoms with E-state index in [1.165, 1.54) is 0 Å². The van der Waals surface area contributed by atoms with E-state index in [2.05, 4.69) is 9.88 Å². The van der Waals surface area contributed by atoms with Crippen molar-refractivity contribution in [2.24, 2.45) is 10.9 Å². The third-order valence-corrected chi connectivity index (χ3v) is 3.84. The molecule has 7 nitrogen and oxygen atoms in total. The summed E-state index contributed by atoms with van der Waals surface area (Å²) in [6, 6.07) is 4.98. The molecule has 1 aromatic rings. The molecule has 0 saturated heterocycles. The molecule has 0 atom stereocenters. The third-order valence-electron chi connectivity index (χ3n) is 2.60. The van der Waals surface area contributed by atoms with Crippen molar-refractivity contribution < 1.29 is 18.4 Å². The van der Waals surface area contributed by atoms with Crippen molar-refractivity contribution in [2.45, 2.75) is 13.8 Å². The lowest BCUT2D eigenvalue weighted by atomic mass is 10.1. The van der Waals surface area contributed by atoms with Crippen molar-refractivity contribution in [1.29, 1.82) is 0 Å². The van der Waals surface area contributed by atoms with Crippen LogP contribution in [0.3, 0.4) is 0 Å². The lowest BCUT2D eigenvalue weighted by Gasteiger charge is -2.13. The van der Waals surface area contributed by atoms with E-state index >= 15 is 0 Å². The van der Waals surface area contributed by atoms with Crippen LogP contribution < -0.4 is 10.5 Å². The zero-order chi connectivity index (χ0) is 15.2. The van der Waals surface area contributed by atoms with Crippen LogP contribution in [0.25, 0.3) is 0 Å². The Morgan fingerprint density at radius 1 is 1.50 bits per heavy atom. The highest BCUT2D eigenvalue weighted by atomic mass is 32.2. The molecule has 4 N–H and O–H groups in total. The zero-order valence-electron chi connectivity index (χ0n) is 11.5. The number of aryl methyl sites for hydroxylation is 1. The van der Waals surface area contributed by atoms with Crippen LogP contribution in [0.2, 0.25) is 0 Å². The summed E-state index contributed by atoms with van der Waals surface area (Å²) in [5, 5.41) is 11.7. The Kier molecular flexibility index (Phi) is 5.78. The Balaban J connectivity index is 3.01. The molecule has 0 aromatic heterocycles. The third kappa shape index (κ3) is 4.39. The minimum Gasteiger partial charge on any atom is -0.409 e. The molecular formula is C12H19N3O4S. The summed E-state index contributed by atoms with van der Waals surface area (Å²) in [5.74, 6) is -0.310. The molecule has 0 aliphatic carbocycles. The van der Waals surface area contributed by atoms with E-state index in [4.69, 9.17) is 15.7 Å². The van der Waals surface area contributed by atoms with E-state index in [-0.39, 0.29) is 23.9 Å². The van der Waals surface area contributed by atoms with Gasteiger partial charge >= 0.3 is 0 Å². The summed E-state index contributed by atoms with van der Waals surface area (Å²) in [4.78, 5) is 0. The quantitative estimate of drug-likeness (QED) is 0.227. The van der Waals surface area contributed by atoms with E-state index in [1.807, 2.05) is 0 Å². The number of sulfonamides is 1. The molecule has 0 aliphatic rings. The van der Waals surface area contributed by atoms with E-state index in [1.54, 1.807) is 32.0 Å². The van der Waals surface area contributed by atoms with Crippen LogP contribution in [-0.2, 0) is 14.8 Å². The van der Waals surface area contributed by atoms with Crippen LogP contribution in [0, 0.1) is 6.92 Å². The number of nitrogens with one attached hydrogen (secondary N) is 1. The van der Waals surface area contributed by atoms with Gasteiger partial charge in [0.05, 0.1) is 18.0 Å². The summed E-state index contributed by atoms with van der Waals surface area (Å²) in [6.07, 6.45) is 0. The predicted molar refractivity (Wildman–Crippen MR) is 77.6 cm³/mol. The summed E-state index contributed by atoms with van der Waals surface area (Å²) in [7, 11) is -3.56. The molecule has 0 aliphatic heterocycles. The number of amidine groups is 1. The normalized spacial score (nSPS) is 12.4. The van der Waals surface area contributed by atoms with Crippen LogP contribution in [0.4, 0.5) is 5.69 Å². The van der Waals surface area contributed by atoms with Gasteiger partial charge in [-0.2, -0.15) is 0 Å². The molecule has 0 radical (unpaired) electrons. The molecule has 0 heterocycles. The standard InChI is InChI=1S/C12H19N3O4S/c1-3-19-7-8-20(17,18)15-10-6-4-5-9(2)11(10)12(13)14-16/h4-6,15-16H,3,7-8H2,1-2H3,(H2,13,14). The number of oxime groups is 1. The number of nitrogens with zero attached hydrogens (tertiary/aromatic N) is 1. The first kappa shape index (κ1) is 16.3. The van der Waals surface area contributed by atoms with Gasteiger partial charge in [0.25, 0.3) is 0 Å². The van der Waals surface area contributed by atoms with Crippen molar-refractivity contribution >= 4 is 21.5 Å². The van der Waals surface area contributed by atoms with Crippen molar-refractivity contribution in [3.8, 4) is 0 Å². The van der Waals surface area contributed by atoms with Gasteiger partial charge in [0, 0.05) is 12.2 Å². The second kappa shape index (κ2) is 7.11. The molecule has 0 unspecified atom stereocenters. The van der Waals surface area contributed by atoms with E-state index in [0.29, 0.717) is 17.7 Å². The Hall–Kier alpha value is -1.80. The SMILES string of the molecule is CCOCCS(=O)(=O)Nc1cccc(C)c1/C(N)=N/O. The highest BCUT2D eigenvalue weighted by Crippen LogP contribution is 2.20. The fraction of sp³-hybridized carbons (Fsp3) is 0.417. The lowest BCUT2D eigenvalue weighted by Crippen LogP contribution is -2.23. The smallest absolute Gasteiger partial charge is 0.235 e. The minimum atomic E-state index is -3.56. The maximum absolute atomic E-state index is 11.9. The summed E-state index contributed by atoms with van der Waals surface area (Å²) in [6.45, 7) is 4.09. The molecule has 0 spiro atoms. The minimum absolute atomic E-state index is 0.108. The van der Waals surface area contributed by atoms with Crippen molar-refractivity contribution in [3.63, 3.8) is 0 Å². The molecule has 0 fully saturated rings. The number of benzene rings is 1. The number of rotatable bonds is 7. The molecule has 0 bridgehead atoms. The van der Waals surface area contributed by atoms with Gasteiger partial charge in [0.15, 0.2) is 5.84 Å². The van der Waals surface area contributed by atoms with E-state index in [0.717, 1.165) is 0 Å². The number of hydrogen-bond donors (Lipinski definition) is 3.